The third-order valence-electron chi connectivity index (χ3n) is 3.61. The molecule has 0 radical (unpaired) electrons. The van der Waals surface area contributed by atoms with Gasteiger partial charge >= 0.3 is 0 Å². The number of carbonyl (C=O) groups excluding carboxylic acids is 2. The van der Waals surface area contributed by atoms with Gasteiger partial charge in [0, 0.05) is 5.56 Å². The maximum Gasteiger partial charge on any atom is 0.269 e. The number of hydrazine groups is 1. The molecule has 3 aromatic rings. The van der Waals surface area contributed by atoms with Gasteiger partial charge in [0.2, 0.25) is 5.91 Å². The Morgan fingerprint density at radius 1 is 0.833 bits per heavy atom. The Hall–Kier alpha value is -3.21. The highest BCUT2D eigenvalue weighted by atomic mass is 19.1. The van der Waals surface area contributed by atoms with Gasteiger partial charge in [-0.1, -0.05) is 42.5 Å². The zero-order valence-electron chi connectivity index (χ0n) is 12.8. The van der Waals surface area contributed by atoms with Crippen LogP contribution in [0.4, 0.5) is 4.39 Å². The zero-order chi connectivity index (χ0) is 16.9. The van der Waals surface area contributed by atoms with Crippen LogP contribution < -0.4 is 10.9 Å². The Morgan fingerprint density at radius 3 is 2.29 bits per heavy atom. The van der Waals surface area contributed by atoms with E-state index in [9.17, 15) is 14.0 Å². The van der Waals surface area contributed by atoms with Crippen molar-refractivity contribution in [3.8, 4) is 0 Å². The molecule has 3 rings (SSSR count). The maximum absolute atomic E-state index is 12.8. The molecule has 0 aromatic heterocycles. The summed E-state index contributed by atoms with van der Waals surface area (Å²) in [5.74, 6) is -1.13. The van der Waals surface area contributed by atoms with E-state index in [-0.39, 0.29) is 18.1 Å². The summed E-state index contributed by atoms with van der Waals surface area (Å²) >= 11 is 0. The summed E-state index contributed by atoms with van der Waals surface area (Å²) in [6.45, 7) is 0. The van der Waals surface area contributed by atoms with E-state index >= 15 is 0 Å². The van der Waals surface area contributed by atoms with Crippen LogP contribution in [-0.4, -0.2) is 11.8 Å². The van der Waals surface area contributed by atoms with E-state index in [1.807, 2.05) is 30.3 Å². The van der Waals surface area contributed by atoms with Gasteiger partial charge in [-0.2, -0.15) is 0 Å². The molecule has 0 fully saturated rings. The largest absolute Gasteiger partial charge is 0.273 e. The molecule has 0 atom stereocenters. The molecule has 2 amide bonds. The third-order valence-corrected chi connectivity index (χ3v) is 3.61. The molecule has 0 heterocycles. The Kier molecular flexibility index (Phi) is 4.52. The first-order valence-electron chi connectivity index (χ1n) is 7.44. The molecule has 0 aliphatic rings. The number of hydrogen-bond donors (Lipinski definition) is 2. The fraction of sp³-hybridized carbons (Fsp3) is 0.0526. The predicted molar refractivity (Wildman–Crippen MR) is 89.7 cm³/mol. The molecule has 2 N–H and O–H groups in total. The molecule has 0 saturated heterocycles. The minimum Gasteiger partial charge on any atom is -0.273 e. The first kappa shape index (κ1) is 15.7. The number of nitrogens with one attached hydrogen (secondary N) is 2. The predicted octanol–water partition coefficient (Wildman–Crippen LogP) is 2.98. The van der Waals surface area contributed by atoms with Crippen molar-refractivity contribution >= 4 is 22.6 Å². The number of benzene rings is 3. The van der Waals surface area contributed by atoms with E-state index in [0.717, 1.165) is 10.8 Å². The Balaban J connectivity index is 1.59. The molecule has 24 heavy (non-hydrogen) atoms. The second-order valence-corrected chi connectivity index (χ2v) is 5.37. The van der Waals surface area contributed by atoms with Gasteiger partial charge in [0.25, 0.3) is 5.91 Å². The van der Waals surface area contributed by atoms with Crippen molar-refractivity contribution in [2.24, 2.45) is 0 Å². The number of halogens is 1. The highest BCUT2D eigenvalue weighted by Gasteiger charge is 2.08. The summed E-state index contributed by atoms with van der Waals surface area (Å²) in [5, 5.41) is 1.98. The summed E-state index contributed by atoms with van der Waals surface area (Å²) in [4.78, 5) is 23.9. The van der Waals surface area contributed by atoms with Crippen molar-refractivity contribution in [2.45, 2.75) is 6.42 Å². The molecule has 0 aliphatic heterocycles. The van der Waals surface area contributed by atoms with Gasteiger partial charge in [0.15, 0.2) is 0 Å². The van der Waals surface area contributed by atoms with Gasteiger partial charge < -0.3 is 0 Å². The molecular formula is C19H15FN2O2. The van der Waals surface area contributed by atoms with E-state index in [1.165, 1.54) is 24.3 Å². The molecular weight excluding hydrogens is 307 g/mol. The average Bonchev–Trinajstić information content (AvgIpc) is 2.61. The van der Waals surface area contributed by atoms with Crippen LogP contribution in [-0.2, 0) is 11.2 Å². The third kappa shape index (κ3) is 3.76. The average molecular weight is 322 g/mol. The lowest BCUT2D eigenvalue weighted by molar-refractivity contribution is -0.121. The molecule has 120 valence electrons. The van der Waals surface area contributed by atoms with Crippen LogP contribution in [0.2, 0.25) is 0 Å². The highest BCUT2D eigenvalue weighted by molar-refractivity contribution is 5.99. The van der Waals surface area contributed by atoms with Crippen LogP contribution in [0, 0.1) is 5.82 Å². The number of rotatable bonds is 3. The number of hydrogen-bond acceptors (Lipinski definition) is 2. The number of amides is 2. The van der Waals surface area contributed by atoms with Crippen molar-refractivity contribution in [2.75, 3.05) is 0 Å². The minimum absolute atomic E-state index is 0.0538. The van der Waals surface area contributed by atoms with Crippen LogP contribution in [0.3, 0.4) is 0 Å². The lowest BCUT2D eigenvalue weighted by Gasteiger charge is -2.08. The zero-order valence-corrected chi connectivity index (χ0v) is 12.8. The van der Waals surface area contributed by atoms with Crippen LogP contribution in [0.1, 0.15) is 15.9 Å². The van der Waals surface area contributed by atoms with Gasteiger partial charge in [-0.15, -0.1) is 0 Å². The quantitative estimate of drug-likeness (QED) is 0.728. The van der Waals surface area contributed by atoms with E-state index in [1.54, 1.807) is 12.1 Å². The number of fused-ring (bicyclic) bond motifs is 1. The van der Waals surface area contributed by atoms with Gasteiger partial charge in [-0.3, -0.25) is 20.4 Å². The smallest absolute Gasteiger partial charge is 0.269 e. The van der Waals surface area contributed by atoms with Gasteiger partial charge in [-0.05, 0) is 40.6 Å². The normalized spacial score (nSPS) is 10.4. The van der Waals surface area contributed by atoms with Crippen LogP contribution in [0.15, 0.2) is 66.7 Å². The van der Waals surface area contributed by atoms with E-state index in [2.05, 4.69) is 10.9 Å². The molecule has 4 nitrogen and oxygen atoms in total. The molecule has 0 saturated carbocycles. The molecule has 0 aliphatic carbocycles. The Bertz CT molecular complexity index is 891. The fourth-order valence-corrected chi connectivity index (χ4v) is 2.36. The summed E-state index contributed by atoms with van der Waals surface area (Å²) < 4.78 is 12.8. The Labute approximate surface area is 138 Å². The standard InChI is InChI=1S/C19H15FN2O2/c20-17-9-5-13(6-10-17)11-18(23)21-22-19(24)16-8-7-14-3-1-2-4-15(14)12-16/h1-10,12H,11H2,(H,21,23)(H,22,24). The second-order valence-electron chi connectivity index (χ2n) is 5.37. The number of carbonyl (C=O) groups is 2. The maximum atomic E-state index is 12.8. The summed E-state index contributed by atoms with van der Waals surface area (Å²) in [6, 6.07) is 18.6. The lowest BCUT2D eigenvalue weighted by Crippen LogP contribution is -2.42. The molecule has 0 bridgehead atoms. The minimum atomic E-state index is -0.395. The van der Waals surface area contributed by atoms with Crippen molar-refractivity contribution in [3.05, 3.63) is 83.7 Å². The van der Waals surface area contributed by atoms with Gasteiger partial charge in [-0.25, -0.2) is 4.39 Å². The SMILES string of the molecule is O=C(Cc1ccc(F)cc1)NNC(=O)c1ccc2ccccc2c1. The monoisotopic (exact) mass is 322 g/mol. The van der Waals surface area contributed by atoms with Crippen molar-refractivity contribution < 1.29 is 14.0 Å². The van der Waals surface area contributed by atoms with Crippen molar-refractivity contribution in [3.63, 3.8) is 0 Å². The second kappa shape index (κ2) is 6.91. The molecule has 5 heteroatoms. The first-order valence-corrected chi connectivity index (χ1v) is 7.44. The van der Waals surface area contributed by atoms with Crippen LogP contribution in [0.25, 0.3) is 10.8 Å². The topological polar surface area (TPSA) is 58.2 Å². The van der Waals surface area contributed by atoms with E-state index < -0.39 is 5.91 Å². The molecule has 3 aromatic carbocycles. The van der Waals surface area contributed by atoms with Gasteiger partial charge in [0.05, 0.1) is 6.42 Å². The molecule has 0 unspecified atom stereocenters. The summed E-state index contributed by atoms with van der Waals surface area (Å²) in [5.41, 5.74) is 5.86. The van der Waals surface area contributed by atoms with Crippen molar-refractivity contribution in [1.29, 1.82) is 0 Å². The first-order chi connectivity index (χ1) is 11.6. The van der Waals surface area contributed by atoms with Gasteiger partial charge in [0.1, 0.15) is 5.82 Å². The lowest BCUT2D eigenvalue weighted by atomic mass is 10.1. The fourth-order valence-electron chi connectivity index (χ4n) is 2.36. The van der Waals surface area contributed by atoms with Crippen molar-refractivity contribution in [1.82, 2.24) is 10.9 Å². The van der Waals surface area contributed by atoms with Crippen LogP contribution >= 0.6 is 0 Å². The summed E-state index contributed by atoms with van der Waals surface area (Å²) in [6.07, 6.45) is 0.0538. The molecule has 0 spiro atoms. The summed E-state index contributed by atoms with van der Waals surface area (Å²) in [7, 11) is 0. The van der Waals surface area contributed by atoms with E-state index in [4.69, 9.17) is 0 Å². The Morgan fingerprint density at radius 2 is 1.54 bits per heavy atom. The highest BCUT2D eigenvalue weighted by Crippen LogP contribution is 2.15. The van der Waals surface area contributed by atoms with E-state index in [0.29, 0.717) is 11.1 Å². The van der Waals surface area contributed by atoms with Crippen LogP contribution in [0.5, 0.6) is 0 Å².